The van der Waals surface area contributed by atoms with E-state index < -0.39 is 16.3 Å². The molecular weight excluding hydrogens is 512 g/mol. The van der Waals surface area contributed by atoms with Crippen LogP contribution >= 0.6 is 12.0 Å². The molecule has 2 aromatic rings. The molecule has 1 fully saturated rings. The van der Waals surface area contributed by atoms with Crippen LogP contribution in [0.25, 0.3) is 6.08 Å². The zero-order chi connectivity index (χ0) is 28.6. The number of carbonyl (C=O) groups is 2. The van der Waals surface area contributed by atoms with Crippen LogP contribution in [0.4, 0.5) is 0 Å². The largest absolute Gasteiger partial charge is 0.497 e. The number of hydrogen-bond acceptors (Lipinski definition) is 7. The fourth-order valence-corrected chi connectivity index (χ4v) is 4.74. The van der Waals surface area contributed by atoms with E-state index in [4.69, 9.17) is 18.4 Å². The molecule has 0 saturated heterocycles. The third-order valence-corrected chi connectivity index (χ3v) is 8.51. The van der Waals surface area contributed by atoms with Crippen molar-refractivity contribution in [2.24, 2.45) is 0 Å². The van der Waals surface area contributed by atoms with E-state index in [1.54, 1.807) is 20.1 Å². The summed E-state index contributed by atoms with van der Waals surface area (Å²) in [6.07, 6.45) is 6.79. The number of esters is 2. The molecule has 210 valence electrons. The number of methoxy groups -OCH3 is 1. The molecule has 7 heteroatoms. The Bertz CT molecular complexity index is 1160. The zero-order valence-electron chi connectivity index (χ0n) is 23.8. The minimum absolute atomic E-state index is 0.0576. The highest BCUT2D eigenvalue weighted by atomic mass is 32.2. The van der Waals surface area contributed by atoms with Crippen molar-refractivity contribution >= 4 is 30.1 Å². The molecule has 0 unspecified atom stereocenters. The molecular formula is C32H40O6S. The van der Waals surface area contributed by atoms with Crippen LogP contribution in [0.3, 0.4) is 0 Å². The van der Waals surface area contributed by atoms with Gasteiger partial charge in [0.25, 0.3) is 0 Å². The quantitative estimate of drug-likeness (QED) is 0.161. The molecule has 2 aromatic carbocycles. The van der Waals surface area contributed by atoms with Gasteiger partial charge in [-0.15, -0.1) is 0 Å². The molecule has 0 aromatic heterocycles. The van der Waals surface area contributed by atoms with Crippen molar-refractivity contribution in [2.75, 3.05) is 7.11 Å². The minimum atomic E-state index is -0.763. The molecule has 0 amide bonds. The van der Waals surface area contributed by atoms with Gasteiger partial charge in [0.1, 0.15) is 23.2 Å². The van der Waals surface area contributed by atoms with Crippen LogP contribution in [0.15, 0.2) is 66.8 Å². The maximum Gasteiger partial charge on any atom is 0.333 e. The first-order chi connectivity index (χ1) is 18.4. The van der Waals surface area contributed by atoms with E-state index in [0.29, 0.717) is 11.5 Å². The van der Waals surface area contributed by atoms with Crippen molar-refractivity contribution in [1.29, 1.82) is 0 Å². The van der Waals surface area contributed by atoms with E-state index in [-0.39, 0.29) is 12.1 Å². The second-order valence-electron chi connectivity index (χ2n) is 10.9. The van der Waals surface area contributed by atoms with Gasteiger partial charge >= 0.3 is 11.9 Å². The molecule has 3 rings (SSSR count). The second-order valence-corrected chi connectivity index (χ2v) is 12.3. The molecule has 1 aliphatic rings. The molecule has 39 heavy (non-hydrogen) atoms. The monoisotopic (exact) mass is 552 g/mol. The molecule has 0 atom stereocenters. The van der Waals surface area contributed by atoms with Gasteiger partial charge in [-0.3, -0.25) is 0 Å². The van der Waals surface area contributed by atoms with Crippen molar-refractivity contribution in [3.8, 4) is 11.5 Å². The lowest BCUT2D eigenvalue weighted by Crippen LogP contribution is -2.46. The Morgan fingerprint density at radius 1 is 0.923 bits per heavy atom. The Hall–Kier alpha value is -3.19. The number of benzene rings is 2. The molecule has 0 heterocycles. The van der Waals surface area contributed by atoms with Gasteiger partial charge in [0.05, 0.1) is 23.9 Å². The van der Waals surface area contributed by atoms with Gasteiger partial charge in [-0.05, 0) is 108 Å². The summed E-state index contributed by atoms with van der Waals surface area (Å²) in [7, 11) is 1.62. The fraction of sp³-hybridized carbons (Fsp3) is 0.438. The van der Waals surface area contributed by atoms with Crippen LogP contribution in [0.2, 0.25) is 0 Å². The smallest absolute Gasteiger partial charge is 0.333 e. The Morgan fingerprint density at radius 3 is 2.08 bits per heavy atom. The second kappa shape index (κ2) is 13.2. The SMILES string of the molecule is C=C(C)C(=O)OC(C)(C)C(C)(C)SOc1ccc(C2CCC(OC(=O)/C=C/c3ccc(OC)cc3)CC2)cc1. The molecule has 6 nitrogen and oxygen atoms in total. The van der Waals surface area contributed by atoms with E-state index in [1.807, 2.05) is 64.1 Å². The molecule has 0 spiro atoms. The average molecular weight is 553 g/mol. The fourth-order valence-electron chi connectivity index (χ4n) is 4.09. The van der Waals surface area contributed by atoms with Crippen molar-refractivity contribution in [3.63, 3.8) is 0 Å². The summed E-state index contributed by atoms with van der Waals surface area (Å²) >= 11 is 1.28. The van der Waals surface area contributed by atoms with Gasteiger partial charge < -0.3 is 18.4 Å². The van der Waals surface area contributed by atoms with Crippen molar-refractivity contribution in [2.45, 2.75) is 82.7 Å². The van der Waals surface area contributed by atoms with Crippen molar-refractivity contribution < 1.29 is 28.0 Å². The first-order valence-corrected chi connectivity index (χ1v) is 14.0. The minimum Gasteiger partial charge on any atom is -0.497 e. The van der Waals surface area contributed by atoms with Crippen molar-refractivity contribution in [3.05, 3.63) is 77.9 Å². The highest BCUT2D eigenvalue weighted by molar-refractivity contribution is 7.96. The van der Waals surface area contributed by atoms with Gasteiger partial charge in [-0.25, -0.2) is 9.59 Å². The highest BCUT2D eigenvalue weighted by Gasteiger charge is 2.43. The Balaban J connectivity index is 1.45. The van der Waals surface area contributed by atoms with E-state index in [9.17, 15) is 9.59 Å². The number of rotatable bonds is 11. The molecule has 0 bridgehead atoms. The molecule has 0 aliphatic heterocycles. The van der Waals surface area contributed by atoms with Crippen molar-refractivity contribution in [1.82, 2.24) is 0 Å². The summed E-state index contributed by atoms with van der Waals surface area (Å²) < 4.78 is 22.0. The number of ether oxygens (including phenoxy) is 3. The highest BCUT2D eigenvalue weighted by Crippen LogP contribution is 2.40. The number of carbonyl (C=O) groups excluding carboxylic acids is 2. The maximum atomic E-state index is 12.3. The van der Waals surface area contributed by atoms with Gasteiger partial charge in [-0.2, -0.15) is 0 Å². The lowest BCUT2D eigenvalue weighted by Gasteiger charge is -2.38. The Morgan fingerprint density at radius 2 is 1.51 bits per heavy atom. The summed E-state index contributed by atoms with van der Waals surface area (Å²) in [5.41, 5.74) is 1.78. The first-order valence-electron chi connectivity index (χ1n) is 13.3. The van der Waals surface area contributed by atoms with Crippen LogP contribution in [0, 0.1) is 0 Å². The summed E-state index contributed by atoms with van der Waals surface area (Å²) in [4.78, 5) is 24.3. The van der Waals surface area contributed by atoms with Gasteiger partial charge in [-0.1, -0.05) is 30.8 Å². The molecule has 0 radical (unpaired) electrons. The van der Waals surface area contributed by atoms with Gasteiger partial charge in [0.2, 0.25) is 0 Å². The normalized spacial score (nSPS) is 17.9. The third-order valence-electron chi connectivity index (χ3n) is 7.33. The van der Waals surface area contributed by atoms with Crippen LogP contribution in [0.5, 0.6) is 11.5 Å². The van der Waals surface area contributed by atoms with Crippen LogP contribution in [-0.2, 0) is 19.1 Å². The summed E-state index contributed by atoms with van der Waals surface area (Å²) in [6.45, 7) is 13.0. The summed E-state index contributed by atoms with van der Waals surface area (Å²) in [5, 5.41) is 0. The van der Waals surface area contributed by atoms with Crippen LogP contribution in [0.1, 0.15) is 77.3 Å². The molecule has 0 N–H and O–H groups in total. The Kier molecular flexibility index (Phi) is 10.3. The zero-order valence-corrected chi connectivity index (χ0v) is 24.6. The standard InChI is InChI=1S/C32H40O6S/c1-22(2)30(34)37-31(3,4)32(5,6)39-38-28-19-13-25(14-20-28)24-11-17-27(18-12-24)36-29(33)21-10-23-8-15-26(35-7)16-9-23/h8-10,13-16,19-21,24,27H,1,11-12,17-18H2,2-7H3/b21-10+. The predicted octanol–water partition coefficient (Wildman–Crippen LogP) is 7.68. The predicted molar refractivity (Wildman–Crippen MR) is 157 cm³/mol. The van der Waals surface area contributed by atoms with Gasteiger partial charge in [0, 0.05) is 11.6 Å². The first kappa shape index (κ1) is 30.4. The summed E-state index contributed by atoms with van der Waals surface area (Å²) in [5.74, 6) is 1.22. The maximum absolute atomic E-state index is 12.3. The summed E-state index contributed by atoms with van der Waals surface area (Å²) in [6, 6.07) is 15.7. The number of hydrogen-bond donors (Lipinski definition) is 0. The van der Waals surface area contributed by atoms with E-state index in [2.05, 4.69) is 18.7 Å². The lowest BCUT2D eigenvalue weighted by molar-refractivity contribution is -0.153. The van der Waals surface area contributed by atoms with Crippen LogP contribution in [-0.4, -0.2) is 35.5 Å². The van der Waals surface area contributed by atoms with E-state index in [0.717, 1.165) is 42.7 Å². The topological polar surface area (TPSA) is 71.1 Å². The van der Waals surface area contributed by atoms with Gasteiger partial charge in [0.15, 0.2) is 0 Å². The molecule has 1 aliphatic carbocycles. The Labute approximate surface area is 237 Å². The van der Waals surface area contributed by atoms with Crippen LogP contribution < -0.4 is 8.92 Å². The third kappa shape index (κ3) is 8.65. The van der Waals surface area contributed by atoms with E-state index >= 15 is 0 Å². The molecule has 1 saturated carbocycles. The lowest BCUT2D eigenvalue weighted by atomic mass is 9.83. The average Bonchev–Trinajstić information content (AvgIpc) is 2.91. The van der Waals surface area contributed by atoms with E-state index in [1.165, 1.54) is 23.7 Å².